The maximum Gasteiger partial charge on any atom is 0.244 e. The van der Waals surface area contributed by atoms with Crippen molar-refractivity contribution in [1.82, 2.24) is 8.87 Å². The molecule has 0 bridgehead atoms. The molecule has 0 saturated carbocycles. The lowest BCUT2D eigenvalue weighted by Crippen LogP contribution is -2.42. The van der Waals surface area contributed by atoms with Crippen molar-refractivity contribution in [2.75, 3.05) is 27.9 Å². The van der Waals surface area contributed by atoms with Gasteiger partial charge in [-0.05, 0) is 60.5 Å². The fourth-order valence-corrected chi connectivity index (χ4v) is 5.79. The Hall–Kier alpha value is -2.97. The zero-order chi connectivity index (χ0) is 22.2. The molecule has 31 heavy (non-hydrogen) atoms. The Kier molecular flexibility index (Phi) is 5.68. The molecule has 2 heterocycles. The lowest BCUT2D eigenvalue weighted by Gasteiger charge is -2.36. The van der Waals surface area contributed by atoms with Crippen LogP contribution in [0.3, 0.4) is 0 Å². The van der Waals surface area contributed by atoms with Crippen molar-refractivity contribution in [3.05, 3.63) is 71.5 Å². The number of methoxy groups -OCH3 is 3. The van der Waals surface area contributed by atoms with Crippen LogP contribution in [0.25, 0.3) is 0 Å². The SMILES string of the molecule is COc1ccc(S(=O)(=O)N2CCn3cccc3C2c2ccc(OC)c(OC)c2)cc1C. The molecule has 1 atom stereocenters. The third-order valence-electron chi connectivity index (χ3n) is 5.69. The van der Waals surface area contributed by atoms with Crippen LogP contribution in [0.1, 0.15) is 22.9 Å². The Labute approximate surface area is 182 Å². The van der Waals surface area contributed by atoms with Crippen molar-refractivity contribution < 1.29 is 22.6 Å². The first-order valence-electron chi connectivity index (χ1n) is 9.94. The minimum Gasteiger partial charge on any atom is -0.496 e. The Balaban J connectivity index is 1.84. The predicted molar refractivity (Wildman–Crippen MR) is 117 cm³/mol. The number of rotatable bonds is 6. The summed E-state index contributed by atoms with van der Waals surface area (Å²) in [4.78, 5) is 0.247. The van der Waals surface area contributed by atoms with Gasteiger partial charge < -0.3 is 18.8 Å². The molecule has 1 unspecified atom stereocenters. The van der Waals surface area contributed by atoms with Gasteiger partial charge in [-0.1, -0.05) is 6.07 Å². The van der Waals surface area contributed by atoms with Crippen LogP contribution in [0.2, 0.25) is 0 Å². The van der Waals surface area contributed by atoms with E-state index in [1.165, 1.54) is 0 Å². The fourth-order valence-electron chi connectivity index (χ4n) is 4.13. The van der Waals surface area contributed by atoms with E-state index in [4.69, 9.17) is 14.2 Å². The van der Waals surface area contributed by atoms with Gasteiger partial charge in [-0.25, -0.2) is 8.42 Å². The summed E-state index contributed by atoms with van der Waals surface area (Å²) < 4.78 is 47.3. The molecular formula is C23H26N2O5S. The third-order valence-corrected chi connectivity index (χ3v) is 7.55. The van der Waals surface area contributed by atoms with E-state index in [0.717, 1.165) is 16.8 Å². The van der Waals surface area contributed by atoms with Gasteiger partial charge in [0.2, 0.25) is 10.0 Å². The van der Waals surface area contributed by atoms with Crippen LogP contribution in [0.15, 0.2) is 59.6 Å². The highest BCUT2D eigenvalue weighted by Crippen LogP contribution is 2.40. The summed E-state index contributed by atoms with van der Waals surface area (Å²) in [7, 11) is 0.946. The summed E-state index contributed by atoms with van der Waals surface area (Å²) in [6.45, 7) is 2.78. The third kappa shape index (κ3) is 3.66. The Morgan fingerprint density at radius 2 is 1.58 bits per heavy atom. The van der Waals surface area contributed by atoms with Crippen molar-refractivity contribution in [2.24, 2.45) is 0 Å². The highest BCUT2D eigenvalue weighted by atomic mass is 32.2. The maximum atomic E-state index is 13.8. The first-order valence-corrected chi connectivity index (χ1v) is 11.4. The molecule has 2 aromatic carbocycles. The molecule has 3 aromatic rings. The largest absolute Gasteiger partial charge is 0.496 e. The number of hydrogen-bond donors (Lipinski definition) is 0. The second kappa shape index (κ2) is 8.28. The Bertz CT molecular complexity index is 1200. The van der Waals surface area contributed by atoms with Crippen LogP contribution in [0.4, 0.5) is 0 Å². The van der Waals surface area contributed by atoms with E-state index in [1.807, 2.05) is 37.4 Å². The van der Waals surface area contributed by atoms with Gasteiger partial charge >= 0.3 is 0 Å². The molecule has 0 N–H and O–H groups in total. The second-order valence-electron chi connectivity index (χ2n) is 7.39. The summed E-state index contributed by atoms with van der Waals surface area (Å²) in [5.41, 5.74) is 2.49. The molecule has 8 heteroatoms. The molecule has 4 rings (SSSR count). The van der Waals surface area contributed by atoms with Gasteiger partial charge in [0.15, 0.2) is 11.5 Å². The normalized spacial score (nSPS) is 16.6. The van der Waals surface area contributed by atoms with Crippen molar-refractivity contribution in [3.8, 4) is 17.2 Å². The van der Waals surface area contributed by atoms with Gasteiger partial charge in [-0.15, -0.1) is 0 Å². The van der Waals surface area contributed by atoms with E-state index < -0.39 is 16.1 Å². The van der Waals surface area contributed by atoms with Crippen LogP contribution >= 0.6 is 0 Å². The molecule has 0 radical (unpaired) electrons. The maximum absolute atomic E-state index is 13.8. The number of benzene rings is 2. The molecule has 7 nitrogen and oxygen atoms in total. The van der Waals surface area contributed by atoms with Gasteiger partial charge in [-0.2, -0.15) is 4.31 Å². The highest BCUT2D eigenvalue weighted by Gasteiger charge is 2.38. The Morgan fingerprint density at radius 3 is 2.26 bits per heavy atom. The molecule has 164 valence electrons. The van der Waals surface area contributed by atoms with Crippen molar-refractivity contribution >= 4 is 10.0 Å². The summed E-state index contributed by atoms with van der Waals surface area (Å²) >= 11 is 0. The first kappa shape index (κ1) is 21.3. The number of aromatic nitrogens is 1. The summed E-state index contributed by atoms with van der Waals surface area (Å²) in [5.74, 6) is 1.81. The van der Waals surface area contributed by atoms with Crippen LogP contribution in [0.5, 0.6) is 17.2 Å². The van der Waals surface area contributed by atoms with E-state index >= 15 is 0 Å². The summed E-state index contributed by atoms with van der Waals surface area (Å²) in [5, 5.41) is 0. The van der Waals surface area contributed by atoms with Crippen molar-refractivity contribution in [3.63, 3.8) is 0 Å². The molecule has 1 aromatic heterocycles. The minimum absolute atomic E-state index is 0.247. The van der Waals surface area contributed by atoms with Crippen LogP contribution < -0.4 is 14.2 Å². The number of ether oxygens (including phenoxy) is 3. The first-order chi connectivity index (χ1) is 14.9. The topological polar surface area (TPSA) is 70.0 Å². The molecule has 0 amide bonds. The average Bonchev–Trinajstić information content (AvgIpc) is 3.26. The number of fused-ring (bicyclic) bond motifs is 1. The zero-order valence-corrected chi connectivity index (χ0v) is 18.8. The molecule has 1 aliphatic rings. The Morgan fingerprint density at radius 1 is 0.871 bits per heavy atom. The molecular weight excluding hydrogens is 416 g/mol. The van der Waals surface area contributed by atoms with Crippen LogP contribution in [-0.4, -0.2) is 45.2 Å². The van der Waals surface area contributed by atoms with Crippen molar-refractivity contribution in [2.45, 2.75) is 24.4 Å². The van der Waals surface area contributed by atoms with E-state index in [2.05, 4.69) is 4.57 Å². The van der Waals surface area contributed by atoms with Crippen molar-refractivity contribution in [1.29, 1.82) is 0 Å². The number of hydrogen-bond acceptors (Lipinski definition) is 5. The lowest BCUT2D eigenvalue weighted by molar-refractivity contribution is 0.296. The minimum atomic E-state index is -3.77. The number of aryl methyl sites for hydroxylation is 1. The number of nitrogens with zero attached hydrogens (tertiary/aromatic N) is 2. The molecule has 0 spiro atoms. The standard InChI is InChI=1S/C23H26N2O5S/c1-16-14-18(8-10-20(16)28-2)31(26,27)25-13-12-24-11-5-6-19(24)23(25)17-7-9-21(29-3)22(15-17)30-4/h5-11,14-15,23H,12-13H2,1-4H3. The molecule has 0 fully saturated rings. The van der Waals surface area contributed by atoms with Gasteiger partial charge in [-0.3, -0.25) is 0 Å². The monoisotopic (exact) mass is 442 g/mol. The zero-order valence-electron chi connectivity index (χ0n) is 18.0. The predicted octanol–water partition coefficient (Wildman–Crippen LogP) is 3.62. The van der Waals surface area contributed by atoms with Gasteiger partial charge in [0, 0.05) is 25.0 Å². The fraction of sp³-hybridized carbons (Fsp3) is 0.304. The summed E-state index contributed by atoms with van der Waals surface area (Å²) in [6, 6.07) is 13.9. The lowest BCUT2D eigenvalue weighted by atomic mass is 10.0. The second-order valence-corrected chi connectivity index (χ2v) is 9.28. The van der Waals surface area contributed by atoms with Gasteiger partial charge in [0.1, 0.15) is 5.75 Å². The molecule has 0 aliphatic carbocycles. The van der Waals surface area contributed by atoms with E-state index in [1.54, 1.807) is 49.9 Å². The summed E-state index contributed by atoms with van der Waals surface area (Å²) in [6.07, 6.45) is 1.98. The van der Waals surface area contributed by atoms with E-state index in [9.17, 15) is 8.42 Å². The van der Waals surface area contributed by atoms with Crippen LogP contribution in [-0.2, 0) is 16.6 Å². The van der Waals surface area contributed by atoms with Crippen LogP contribution in [0, 0.1) is 6.92 Å². The molecule has 1 aliphatic heterocycles. The smallest absolute Gasteiger partial charge is 0.244 e. The van der Waals surface area contributed by atoms with Gasteiger partial charge in [0.05, 0.1) is 32.3 Å². The number of sulfonamides is 1. The highest BCUT2D eigenvalue weighted by molar-refractivity contribution is 7.89. The average molecular weight is 443 g/mol. The van der Waals surface area contributed by atoms with Gasteiger partial charge in [0.25, 0.3) is 0 Å². The quantitative estimate of drug-likeness (QED) is 0.583. The van der Waals surface area contributed by atoms with E-state index in [0.29, 0.717) is 30.3 Å². The molecule has 0 saturated heterocycles. The van der Waals surface area contributed by atoms with E-state index in [-0.39, 0.29) is 4.90 Å².